The highest BCUT2D eigenvalue weighted by Crippen LogP contribution is 2.51. The van der Waals surface area contributed by atoms with Gasteiger partial charge in [0.25, 0.3) is 0 Å². The minimum Gasteiger partial charge on any atom is -0.492 e. The Kier molecular flexibility index (Phi) is 7.62. The summed E-state index contributed by atoms with van der Waals surface area (Å²) in [5.41, 5.74) is 0.134. The maximum absolute atomic E-state index is 12.4. The van der Waals surface area contributed by atoms with Crippen LogP contribution < -0.4 is 0 Å². The van der Waals surface area contributed by atoms with E-state index in [0.717, 1.165) is 49.5 Å². The summed E-state index contributed by atoms with van der Waals surface area (Å²) < 4.78 is 17.6. The molecule has 0 aromatic heterocycles. The van der Waals surface area contributed by atoms with Crippen molar-refractivity contribution in [1.82, 2.24) is 4.90 Å². The number of ether oxygens (including phenoxy) is 3. The van der Waals surface area contributed by atoms with Crippen molar-refractivity contribution in [2.75, 3.05) is 25.2 Å². The molecule has 204 valence electrons. The molecule has 8 atom stereocenters. The highest BCUT2D eigenvalue weighted by atomic mass is 33.1. The van der Waals surface area contributed by atoms with Crippen molar-refractivity contribution < 1.29 is 29.2 Å². The average molecular weight is 550 g/mol. The van der Waals surface area contributed by atoms with Crippen molar-refractivity contribution in [2.45, 2.75) is 82.5 Å². The quantitative estimate of drug-likeness (QED) is 0.385. The molecule has 8 unspecified atom stereocenters. The van der Waals surface area contributed by atoms with Gasteiger partial charge in [0.2, 0.25) is 5.76 Å². The zero-order chi connectivity index (χ0) is 25.7. The molecule has 37 heavy (non-hydrogen) atoms. The van der Waals surface area contributed by atoms with Gasteiger partial charge in [0, 0.05) is 41.5 Å². The lowest BCUT2D eigenvalue weighted by Gasteiger charge is -2.49. The predicted octanol–water partition coefficient (Wildman–Crippen LogP) is 4.37. The Bertz CT molecular complexity index is 1010. The summed E-state index contributed by atoms with van der Waals surface area (Å²) >= 11 is 0. The second kappa shape index (κ2) is 10.8. The average Bonchev–Trinajstić information content (AvgIpc) is 3.53. The van der Waals surface area contributed by atoms with Crippen LogP contribution in [-0.2, 0) is 19.0 Å². The highest BCUT2D eigenvalue weighted by Gasteiger charge is 2.52. The lowest BCUT2D eigenvalue weighted by atomic mass is 9.78. The van der Waals surface area contributed by atoms with Crippen molar-refractivity contribution in [3.05, 3.63) is 34.7 Å². The minimum absolute atomic E-state index is 0.0173. The minimum atomic E-state index is -0.577. The van der Waals surface area contributed by atoms with Crippen LogP contribution in [0.3, 0.4) is 0 Å². The van der Waals surface area contributed by atoms with Crippen LogP contribution in [0.25, 0.3) is 0 Å². The number of hydrogen-bond donors (Lipinski definition) is 2. The third-order valence-electron chi connectivity index (χ3n) is 9.64. The van der Waals surface area contributed by atoms with Crippen LogP contribution in [0.2, 0.25) is 0 Å². The van der Waals surface area contributed by atoms with Gasteiger partial charge in [-0.3, -0.25) is 4.90 Å². The van der Waals surface area contributed by atoms with E-state index in [2.05, 4.69) is 17.9 Å². The number of aliphatic hydroxyl groups excluding tert-OH is 2. The summed E-state index contributed by atoms with van der Waals surface area (Å²) in [5, 5.41) is 21.4. The van der Waals surface area contributed by atoms with E-state index in [-0.39, 0.29) is 41.4 Å². The van der Waals surface area contributed by atoms with Crippen molar-refractivity contribution >= 4 is 27.6 Å². The van der Waals surface area contributed by atoms with E-state index < -0.39 is 12.6 Å². The summed E-state index contributed by atoms with van der Waals surface area (Å²) in [6.45, 7) is 1.71. The Morgan fingerprint density at radius 2 is 1.84 bits per heavy atom. The van der Waals surface area contributed by atoms with E-state index in [1.54, 1.807) is 0 Å². The lowest BCUT2D eigenvalue weighted by Crippen LogP contribution is -2.59. The second-order valence-electron chi connectivity index (χ2n) is 11.5. The first-order chi connectivity index (χ1) is 18.0. The molecule has 0 spiro atoms. The van der Waals surface area contributed by atoms with E-state index in [9.17, 15) is 15.0 Å². The van der Waals surface area contributed by atoms with Gasteiger partial charge in [0.05, 0.1) is 19.8 Å². The number of allylic oxidation sites excluding steroid dienone is 1. The summed E-state index contributed by atoms with van der Waals surface area (Å²) in [6, 6.07) is 0.797. The van der Waals surface area contributed by atoms with Crippen LogP contribution in [0.4, 0.5) is 0 Å². The fraction of sp³-hybridized carbons (Fsp3) is 0.750. The molecule has 0 radical (unpaired) electrons. The number of nitrogens with zero attached hydrogens (tertiary/aromatic N) is 1. The number of esters is 1. The van der Waals surface area contributed by atoms with Gasteiger partial charge in [-0.15, -0.1) is 0 Å². The molecule has 0 bridgehead atoms. The Balaban J connectivity index is 1.34. The summed E-state index contributed by atoms with van der Waals surface area (Å²) in [4.78, 5) is 15.1. The third-order valence-corrected chi connectivity index (χ3v) is 12.2. The van der Waals surface area contributed by atoms with Crippen LogP contribution in [0, 0.1) is 23.7 Å². The smallest absolute Gasteiger partial charge is 0.345 e. The van der Waals surface area contributed by atoms with E-state index in [1.807, 2.05) is 21.6 Å². The normalized spacial score (nSPS) is 42.6. The largest absolute Gasteiger partial charge is 0.492 e. The molecule has 4 fully saturated rings. The topological polar surface area (TPSA) is 88.5 Å². The van der Waals surface area contributed by atoms with E-state index in [4.69, 9.17) is 14.2 Å². The van der Waals surface area contributed by atoms with Gasteiger partial charge in [-0.2, -0.15) is 0 Å². The third kappa shape index (κ3) is 4.56. The van der Waals surface area contributed by atoms with E-state index in [0.29, 0.717) is 23.5 Å². The zero-order valence-corrected chi connectivity index (χ0v) is 23.4. The number of hydrogen-bond acceptors (Lipinski definition) is 9. The molecule has 9 heteroatoms. The maximum Gasteiger partial charge on any atom is 0.345 e. The molecule has 3 saturated heterocycles. The van der Waals surface area contributed by atoms with Crippen LogP contribution in [-0.4, -0.2) is 70.5 Å². The van der Waals surface area contributed by atoms with Crippen LogP contribution in [0.15, 0.2) is 34.7 Å². The SMILES string of the molecule is COC1=C(CO)C(=O)OC1=C1OC2=CCC3CSSCC4CCCC4CC(O)C4CCCC(C2C1C)N34. The zero-order valence-electron chi connectivity index (χ0n) is 21.8. The van der Waals surface area contributed by atoms with Gasteiger partial charge in [-0.25, -0.2) is 4.79 Å². The summed E-state index contributed by atoms with van der Waals surface area (Å²) in [7, 11) is 5.53. The maximum atomic E-state index is 12.4. The Hall–Kier alpha value is -1.13. The van der Waals surface area contributed by atoms with E-state index in [1.165, 1.54) is 32.1 Å². The molecule has 6 rings (SSSR count). The number of carbonyl (C=O) groups is 1. The standard InChI is InChI=1S/C28H39NO6S2/c1-15-24-21-8-4-7-20-22(31)11-16-5-3-6-17(16)13-36-37-14-18(29(20)21)9-10-23(24)34-25(15)27-26(33-2)19(12-30)28(32)35-27/h10,15-18,20-22,24,30-31H,3-9,11-14H2,1-2H3. The second-order valence-corrected chi connectivity index (χ2v) is 14.1. The molecule has 1 saturated carbocycles. The molecule has 5 heterocycles. The molecule has 6 aliphatic rings. The number of rotatable bonds is 2. The Morgan fingerprint density at radius 3 is 2.65 bits per heavy atom. The van der Waals surface area contributed by atoms with E-state index >= 15 is 0 Å². The van der Waals surface area contributed by atoms with Gasteiger partial charge in [0.1, 0.15) is 11.3 Å². The molecule has 0 amide bonds. The lowest BCUT2D eigenvalue weighted by molar-refractivity contribution is -0.133. The molecule has 2 N–H and O–H groups in total. The molecule has 5 aliphatic heterocycles. The van der Waals surface area contributed by atoms with Gasteiger partial charge in [0.15, 0.2) is 11.5 Å². The first-order valence-corrected chi connectivity index (χ1v) is 16.4. The number of fused-ring (bicyclic) bond motifs is 3. The number of carbonyl (C=O) groups excluding carboxylic acids is 1. The van der Waals surface area contributed by atoms with Crippen LogP contribution in [0.5, 0.6) is 0 Å². The van der Waals surface area contributed by atoms with Crippen LogP contribution in [0.1, 0.15) is 58.3 Å². The highest BCUT2D eigenvalue weighted by molar-refractivity contribution is 8.76. The summed E-state index contributed by atoms with van der Waals surface area (Å²) in [5.74, 6) is 5.31. The Labute approximate surface area is 227 Å². The predicted molar refractivity (Wildman–Crippen MR) is 144 cm³/mol. The van der Waals surface area contributed by atoms with Gasteiger partial charge in [-0.1, -0.05) is 47.8 Å². The molecular formula is C28H39NO6S2. The van der Waals surface area contributed by atoms with Crippen molar-refractivity contribution in [2.24, 2.45) is 23.7 Å². The molecule has 7 nitrogen and oxygen atoms in total. The number of aliphatic hydroxyl groups is 2. The fourth-order valence-electron chi connectivity index (χ4n) is 7.87. The molecular weight excluding hydrogens is 510 g/mol. The summed E-state index contributed by atoms with van der Waals surface area (Å²) in [6.07, 6.45) is 10.8. The fourth-order valence-corrected chi connectivity index (χ4v) is 10.7. The molecule has 0 aromatic rings. The van der Waals surface area contributed by atoms with Gasteiger partial charge >= 0.3 is 5.97 Å². The first-order valence-electron chi connectivity index (χ1n) is 13.9. The molecule has 1 aliphatic carbocycles. The van der Waals surface area contributed by atoms with Gasteiger partial charge < -0.3 is 24.4 Å². The van der Waals surface area contributed by atoms with Crippen molar-refractivity contribution in [3.63, 3.8) is 0 Å². The Morgan fingerprint density at radius 1 is 1.08 bits per heavy atom. The first kappa shape index (κ1) is 26.1. The van der Waals surface area contributed by atoms with Gasteiger partial charge in [-0.05, 0) is 50.0 Å². The number of methoxy groups -OCH3 is 1. The van der Waals surface area contributed by atoms with Crippen LogP contribution >= 0.6 is 21.6 Å². The molecule has 0 aromatic carbocycles. The monoisotopic (exact) mass is 549 g/mol. The van der Waals surface area contributed by atoms with Crippen molar-refractivity contribution in [1.29, 1.82) is 0 Å². The van der Waals surface area contributed by atoms with Crippen molar-refractivity contribution in [3.8, 4) is 0 Å². The number of piperidine rings is 1. The number of cyclic esters (lactones) is 1.